The van der Waals surface area contributed by atoms with Crippen LogP contribution in [0.4, 0.5) is 0 Å². The van der Waals surface area contributed by atoms with E-state index in [9.17, 15) is 0 Å². The van der Waals surface area contributed by atoms with E-state index in [-0.39, 0.29) is 6.23 Å². The Morgan fingerprint density at radius 2 is 1.61 bits per heavy atom. The van der Waals surface area contributed by atoms with Crippen LogP contribution in [-0.2, 0) is 9.47 Å². The first-order chi connectivity index (χ1) is 10.8. The average Bonchev–Trinajstić information content (AvgIpc) is 2.45. The molecule has 0 aromatic carbocycles. The normalized spacial score (nSPS) is 35.2. The van der Waals surface area contributed by atoms with E-state index >= 15 is 0 Å². The summed E-state index contributed by atoms with van der Waals surface area (Å²) in [6.45, 7) is 15.8. The lowest BCUT2D eigenvalue weighted by Crippen LogP contribution is -2.51. The molecule has 3 unspecified atom stereocenters. The predicted molar refractivity (Wildman–Crippen MR) is 96.6 cm³/mol. The van der Waals surface area contributed by atoms with E-state index in [2.05, 4.69) is 46.4 Å². The van der Waals surface area contributed by atoms with Crippen molar-refractivity contribution in [2.45, 2.75) is 105 Å². The fourth-order valence-corrected chi connectivity index (χ4v) is 4.32. The zero-order chi connectivity index (χ0) is 17.0. The lowest BCUT2D eigenvalue weighted by Gasteiger charge is -2.43. The highest BCUT2D eigenvalue weighted by atomic mass is 16.5. The van der Waals surface area contributed by atoms with Crippen LogP contribution >= 0.6 is 0 Å². The van der Waals surface area contributed by atoms with Gasteiger partial charge in [-0.2, -0.15) is 0 Å². The van der Waals surface area contributed by atoms with Crippen molar-refractivity contribution < 1.29 is 9.47 Å². The van der Waals surface area contributed by atoms with Crippen LogP contribution in [0.2, 0.25) is 0 Å². The van der Waals surface area contributed by atoms with E-state index in [1.165, 1.54) is 32.1 Å². The van der Waals surface area contributed by atoms with Crippen LogP contribution in [-0.4, -0.2) is 42.5 Å². The van der Waals surface area contributed by atoms with Crippen molar-refractivity contribution >= 4 is 0 Å². The third-order valence-electron chi connectivity index (χ3n) is 5.64. The maximum atomic E-state index is 6.60. The Bertz CT molecular complexity index is 334. The number of nitrogens with zero attached hydrogens (tertiary/aromatic N) is 1. The molecule has 1 saturated heterocycles. The number of ether oxygens (including phenoxy) is 2. The van der Waals surface area contributed by atoms with Crippen LogP contribution in [0.1, 0.15) is 80.1 Å². The molecule has 0 bridgehead atoms. The molecule has 1 saturated carbocycles. The molecular formula is C20H39NO2. The fourth-order valence-electron chi connectivity index (χ4n) is 4.32. The molecule has 2 fully saturated rings. The summed E-state index contributed by atoms with van der Waals surface area (Å²) in [6.07, 6.45) is 8.81. The molecule has 0 aromatic heterocycles. The topological polar surface area (TPSA) is 21.7 Å². The van der Waals surface area contributed by atoms with E-state index in [4.69, 9.17) is 9.47 Å². The number of morpholine rings is 1. The van der Waals surface area contributed by atoms with Gasteiger partial charge in [-0.05, 0) is 57.3 Å². The van der Waals surface area contributed by atoms with Crippen LogP contribution in [0.25, 0.3) is 0 Å². The molecule has 0 aromatic rings. The molecule has 3 nitrogen and oxygen atoms in total. The van der Waals surface area contributed by atoms with Crippen LogP contribution in [0.3, 0.4) is 0 Å². The molecule has 2 aliphatic rings. The number of hydrogen-bond donors (Lipinski definition) is 0. The standard InChI is InChI=1S/C20H39NO2/c1-7-8-19(21-13-15(2)22-16(3)14-21)23-18-11-9-17(10-12-18)20(4,5)6/h15-19H,7-14H2,1-6H3. The lowest BCUT2D eigenvalue weighted by atomic mass is 9.72. The first-order valence-corrected chi connectivity index (χ1v) is 9.84. The fraction of sp³-hybridized carbons (Fsp3) is 1.00. The molecule has 1 aliphatic carbocycles. The van der Waals surface area contributed by atoms with E-state index in [0.717, 1.165) is 25.4 Å². The Morgan fingerprint density at radius 3 is 2.09 bits per heavy atom. The van der Waals surface area contributed by atoms with Crippen molar-refractivity contribution in [2.24, 2.45) is 11.3 Å². The van der Waals surface area contributed by atoms with E-state index in [1.54, 1.807) is 0 Å². The lowest BCUT2D eigenvalue weighted by molar-refractivity contribution is -0.166. The minimum Gasteiger partial charge on any atom is -0.373 e. The van der Waals surface area contributed by atoms with Crippen molar-refractivity contribution in [3.8, 4) is 0 Å². The third-order valence-corrected chi connectivity index (χ3v) is 5.64. The van der Waals surface area contributed by atoms with Gasteiger partial charge in [-0.3, -0.25) is 4.90 Å². The zero-order valence-electron chi connectivity index (χ0n) is 16.3. The summed E-state index contributed by atoms with van der Waals surface area (Å²) in [6, 6.07) is 0. The van der Waals surface area contributed by atoms with Gasteiger partial charge in [0.05, 0.1) is 18.3 Å². The van der Waals surface area contributed by atoms with E-state index in [1.807, 2.05) is 0 Å². The zero-order valence-corrected chi connectivity index (χ0v) is 16.3. The maximum Gasteiger partial charge on any atom is 0.111 e. The van der Waals surface area contributed by atoms with Gasteiger partial charge in [0.1, 0.15) is 6.23 Å². The van der Waals surface area contributed by atoms with Gasteiger partial charge in [0, 0.05) is 13.1 Å². The molecule has 0 amide bonds. The molecule has 3 atom stereocenters. The molecule has 3 heteroatoms. The van der Waals surface area contributed by atoms with Crippen molar-refractivity contribution in [1.29, 1.82) is 0 Å². The molecule has 23 heavy (non-hydrogen) atoms. The molecule has 2 rings (SSSR count). The smallest absolute Gasteiger partial charge is 0.111 e. The second-order valence-corrected chi connectivity index (χ2v) is 8.93. The second-order valence-electron chi connectivity index (χ2n) is 8.93. The van der Waals surface area contributed by atoms with Gasteiger partial charge in [-0.1, -0.05) is 34.1 Å². The summed E-state index contributed by atoms with van der Waals surface area (Å²) >= 11 is 0. The summed E-state index contributed by atoms with van der Waals surface area (Å²) in [5, 5.41) is 0. The Labute approximate surface area is 144 Å². The number of hydrogen-bond acceptors (Lipinski definition) is 3. The van der Waals surface area contributed by atoms with Gasteiger partial charge in [0.15, 0.2) is 0 Å². The summed E-state index contributed by atoms with van der Waals surface area (Å²) < 4.78 is 12.5. The van der Waals surface area contributed by atoms with Gasteiger partial charge in [-0.15, -0.1) is 0 Å². The highest BCUT2D eigenvalue weighted by molar-refractivity contribution is 4.82. The molecule has 0 N–H and O–H groups in total. The van der Waals surface area contributed by atoms with E-state index in [0.29, 0.717) is 23.7 Å². The summed E-state index contributed by atoms with van der Waals surface area (Å²) in [7, 11) is 0. The summed E-state index contributed by atoms with van der Waals surface area (Å²) in [5.74, 6) is 0.857. The molecule has 136 valence electrons. The highest BCUT2D eigenvalue weighted by Crippen LogP contribution is 2.39. The summed E-state index contributed by atoms with van der Waals surface area (Å²) in [5.41, 5.74) is 0.447. The highest BCUT2D eigenvalue weighted by Gasteiger charge is 2.33. The third kappa shape index (κ3) is 5.72. The molecule has 1 aliphatic heterocycles. The maximum absolute atomic E-state index is 6.60. The largest absolute Gasteiger partial charge is 0.373 e. The van der Waals surface area contributed by atoms with Gasteiger partial charge >= 0.3 is 0 Å². The Hall–Kier alpha value is -0.120. The van der Waals surface area contributed by atoms with E-state index < -0.39 is 0 Å². The Morgan fingerprint density at radius 1 is 1.04 bits per heavy atom. The average molecular weight is 326 g/mol. The van der Waals surface area contributed by atoms with Crippen molar-refractivity contribution in [3.63, 3.8) is 0 Å². The molecular weight excluding hydrogens is 286 g/mol. The minimum atomic E-state index is 0.282. The van der Waals surface area contributed by atoms with Gasteiger partial charge < -0.3 is 9.47 Å². The van der Waals surface area contributed by atoms with Crippen molar-refractivity contribution in [2.75, 3.05) is 13.1 Å². The first-order valence-electron chi connectivity index (χ1n) is 9.84. The van der Waals surface area contributed by atoms with Gasteiger partial charge in [0.25, 0.3) is 0 Å². The Kier molecular flexibility index (Phi) is 6.94. The van der Waals surface area contributed by atoms with Crippen molar-refractivity contribution in [3.05, 3.63) is 0 Å². The van der Waals surface area contributed by atoms with Gasteiger partial charge in [0.2, 0.25) is 0 Å². The second kappa shape index (κ2) is 8.31. The number of rotatable bonds is 5. The van der Waals surface area contributed by atoms with Gasteiger partial charge in [-0.25, -0.2) is 0 Å². The van der Waals surface area contributed by atoms with Crippen LogP contribution < -0.4 is 0 Å². The van der Waals surface area contributed by atoms with Crippen LogP contribution in [0.5, 0.6) is 0 Å². The predicted octanol–water partition coefficient (Wildman–Crippen LogP) is 4.84. The quantitative estimate of drug-likeness (QED) is 0.721. The minimum absolute atomic E-state index is 0.282. The molecule has 0 radical (unpaired) electrons. The monoisotopic (exact) mass is 325 g/mol. The van der Waals surface area contributed by atoms with Crippen molar-refractivity contribution in [1.82, 2.24) is 4.90 Å². The van der Waals surface area contributed by atoms with Crippen LogP contribution in [0.15, 0.2) is 0 Å². The summed E-state index contributed by atoms with van der Waals surface area (Å²) in [4.78, 5) is 2.53. The molecule has 1 heterocycles. The van der Waals surface area contributed by atoms with Crippen LogP contribution in [0, 0.1) is 11.3 Å². The SMILES string of the molecule is CCCC(OC1CCC(C(C)(C)C)CC1)N1CC(C)OC(C)C1. The first kappa shape index (κ1) is 19.2. The molecule has 0 spiro atoms. The Balaban J connectivity index is 1.87.